The van der Waals surface area contributed by atoms with Gasteiger partial charge in [0.2, 0.25) is 0 Å². The van der Waals surface area contributed by atoms with Gasteiger partial charge in [0, 0.05) is 5.56 Å². The van der Waals surface area contributed by atoms with E-state index in [4.69, 9.17) is 11.6 Å². The van der Waals surface area contributed by atoms with Gasteiger partial charge in [-0.15, -0.1) is 0 Å². The molecule has 68 valence electrons. The Kier molecular flexibility index (Phi) is 2.78. The standard InChI is InChI=1S/C9H6ClFO2/c1-5(13)9-6(4-12)7(10)2-3-8(9)11/h2-4H,1H3. The molecule has 0 radical (unpaired) electrons. The molecular formula is C9H6ClFO2. The van der Waals surface area contributed by atoms with Gasteiger partial charge in [-0.05, 0) is 19.1 Å². The van der Waals surface area contributed by atoms with Crippen molar-refractivity contribution in [2.24, 2.45) is 0 Å². The second-order valence-electron chi connectivity index (χ2n) is 2.49. The van der Waals surface area contributed by atoms with Gasteiger partial charge < -0.3 is 0 Å². The van der Waals surface area contributed by atoms with E-state index in [0.29, 0.717) is 6.29 Å². The van der Waals surface area contributed by atoms with Crippen molar-refractivity contribution in [3.63, 3.8) is 0 Å². The third-order valence-electron chi connectivity index (χ3n) is 1.61. The minimum atomic E-state index is -0.723. The molecule has 0 bridgehead atoms. The van der Waals surface area contributed by atoms with Crippen molar-refractivity contribution < 1.29 is 14.0 Å². The number of benzene rings is 1. The third kappa shape index (κ3) is 1.75. The number of Topliss-reactive ketones (excluding diaryl/α,β-unsaturated/α-hetero) is 1. The summed E-state index contributed by atoms with van der Waals surface area (Å²) in [7, 11) is 0. The molecule has 1 rings (SSSR count). The van der Waals surface area contributed by atoms with Gasteiger partial charge in [-0.2, -0.15) is 0 Å². The highest BCUT2D eigenvalue weighted by molar-refractivity contribution is 6.33. The van der Waals surface area contributed by atoms with Crippen LogP contribution >= 0.6 is 11.6 Å². The number of aldehydes is 1. The molecule has 1 aromatic rings. The number of hydrogen-bond acceptors (Lipinski definition) is 2. The van der Waals surface area contributed by atoms with Gasteiger partial charge in [-0.25, -0.2) is 4.39 Å². The number of halogens is 2. The molecular weight excluding hydrogens is 195 g/mol. The minimum Gasteiger partial charge on any atom is -0.298 e. The SMILES string of the molecule is CC(=O)c1c(F)ccc(Cl)c1C=O. The monoisotopic (exact) mass is 200 g/mol. The number of carbonyl (C=O) groups is 2. The summed E-state index contributed by atoms with van der Waals surface area (Å²) in [5, 5.41) is 0.0848. The molecule has 0 unspecified atom stereocenters. The van der Waals surface area contributed by atoms with E-state index in [1.807, 2.05) is 0 Å². The topological polar surface area (TPSA) is 34.1 Å². The van der Waals surface area contributed by atoms with Crippen LogP contribution in [0.4, 0.5) is 4.39 Å². The van der Waals surface area contributed by atoms with Crippen LogP contribution in [-0.4, -0.2) is 12.1 Å². The highest BCUT2D eigenvalue weighted by atomic mass is 35.5. The summed E-state index contributed by atoms with van der Waals surface area (Å²) in [5.41, 5.74) is -0.336. The summed E-state index contributed by atoms with van der Waals surface area (Å²) in [6, 6.07) is 2.30. The van der Waals surface area contributed by atoms with Crippen LogP contribution in [0.1, 0.15) is 27.6 Å². The second kappa shape index (κ2) is 3.66. The van der Waals surface area contributed by atoms with Crippen molar-refractivity contribution in [3.05, 3.63) is 34.1 Å². The second-order valence-corrected chi connectivity index (χ2v) is 2.90. The molecule has 0 amide bonds. The van der Waals surface area contributed by atoms with Crippen molar-refractivity contribution in [1.82, 2.24) is 0 Å². The molecule has 2 nitrogen and oxygen atoms in total. The molecule has 0 saturated heterocycles. The van der Waals surface area contributed by atoms with Crippen LogP contribution in [0, 0.1) is 5.82 Å². The van der Waals surface area contributed by atoms with E-state index in [-0.39, 0.29) is 16.1 Å². The molecule has 0 atom stereocenters. The van der Waals surface area contributed by atoms with E-state index in [2.05, 4.69) is 0 Å². The smallest absolute Gasteiger partial charge is 0.163 e. The Morgan fingerprint density at radius 2 is 2.15 bits per heavy atom. The molecule has 1 aromatic carbocycles. The van der Waals surface area contributed by atoms with E-state index < -0.39 is 11.6 Å². The predicted molar refractivity (Wildman–Crippen MR) is 46.8 cm³/mol. The molecule has 0 fully saturated rings. The molecule has 0 aliphatic heterocycles. The summed E-state index contributed by atoms with van der Waals surface area (Å²) in [4.78, 5) is 21.4. The zero-order chi connectivity index (χ0) is 10.0. The van der Waals surface area contributed by atoms with Crippen molar-refractivity contribution in [2.75, 3.05) is 0 Å². The maximum Gasteiger partial charge on any atom is 0.163 e. The fraction of sp³-hybridized carbons (Fsp3) is 0.111. The number of ketones is 1. The highest BCUT2D eigenvalue weighted by Crippen LogP contribution is 2.21. The number of rotatable bonds is 2. The van der Waals surface area contributed by atoms with Crippen LogP contribution in [-0.2, 0) is 0 Å². The van der Waals surface area contributed by atoms with Crippen molar-refractivity contribution in [3.8, 4) is 0 Å². The quantitative estimate of drug-likeness (QED) is 0.543. The fourth-order valence-corrected chi connectivity index (χ4v) is 1.24. The van der Waals surface area contributed by atoms with E-state index in [1.165, 1.54) is 13.0 Å². The Bertz CT molecular complexity index is 374. The number of carbonyl (C=O) groups excluding carboxylic acids is 2. The molecule has 0 aliphatic carbocycles. The molecule has 4 heteroatoms. The maximum atomic E-state index is 13.0. The van der Waals surface area contributed by atoms with Gasteiger partial charge >= 0.3 is 0 Å². The summed E-state index contributed by atoms with van der Waals surface area (Å²) in [5.74, 6) is -1.24. The predicted octanol–water partition coefficient (Wildman–Crippen LogP) is 2.49. The lowest BCUT2D eigenvalue weighted by atomic mass is 10.0. The van der Waals surface area contributed by atoms with E-state index >= 15 is 0 Å². The van der Waals surface area contributed by atoms with Crippen LogP contribution < -0.4 is 0 Å². The molecule has 0 heterocycles. The minimum absolute atomic E-state index is 0.0848. The molecule has 13 heavy (non-hydrogen) atoms. The highest BCUT2D eigenvalue weighted by Gasteiger charge is 2.15. The lowest BCUT2D eigenvalue weighted by Gasteiger charge is -2.03. The Morgan fingerprint density at radius 3 is 2.54 bits per heavy atom. The van der Waals surface area contributed by atoms with Crippen molar-refractivity contribution in [1.29, 1.82) is 0 Å². The fourth-order valence-electron chi connectivity index (χ4n) is 1.04. The van der Waals surface area contributed by atoms with Crippen LogP contribution in [0.5, 0.6) is 0 Å². The van der Waals surface area contributed by atoms with E-state index in [9.17, 15) is 14.0 Å². The largest absolute Gasteiger partial charge is 0.298 e. The van der Waals surface area contributed by atoms with E-state index in [0.717, 1.165) is 6.07 Å². The molecule has 0 N–H and O–H groups in total. The Balaban J connectivity index is 3.52. The lowest BCUT2D eigenvalue weighted by molar-refractivity contribution is 0.100. The van der Waals surface area contributed by atoms with Crippen molar-refractivity contribution in [2.45, 2.75) is 6.92 Å². The zero-order valence-corrected chi connectivity index (χ0v) is 7.56. The molecule has 0 aliphatic rings. The average Bonchev–Trinajstić information content (AvgIpc) is 2.07. The first kappa shape index (κ1) is 9.86. The maximum absolute atomic E-state index is 13.0. The van der Waals surface area contributed by atoms with Gasteiger partial charge in [-0.1, -0.05) is 11.6 Å². The summed E-state index contributed by atoms with van der Waals surface area (Å²) < 4.78 is 13.0. The third-order valence-corrected chi connectivity index (χ3v) is 1.94. The van der Waals surface area contributed by atoms with Gasteiger partial charge in [0.25, 0.3) is 0 Å². The lowest BCUT2D eigenvalue weighted by Crippen LogP contribution is -2.03. The van der Waals surface area contributed by atoms with Gasteiger partial charge in [-0.3, -0.25) is 9.59 Å². The first-order chi connectivity index (χ1) is 6.07. The van der Waals surface area contributed by atoms with Crippen LogP contribution in [0.25, 0.3) is 0 Å². The average molecular weight is 201 g/mol. The van der Waals surface area contributed by atoms with Gasteiger partial charge in [0.15, 0.2) is 12.1 Å². The van der Waals surface area contributed by atoms with Crippen molar-refractivity contribution >= 4 is 23.7 Å². The molecule has 0 spiro atoms. The Labute approximate surface area is 79.3 Å². The van der Waals surface area contributed by atoms with Gasteiger partial charge in [0.05, 0.1) is 10.6 Å². The zero-order valence-electron chi connectivity index (χ0n) is 6.80. The normalized spacial score (nSPS) is 9.77. The Morgan fingerprint density at radius 1 is 1.54 bits per heavy atom. The summed E-state index contributed by atoms with van der Waals surface area (Å²) in [6.45, 7) is 1.18. The van der Waals surface area contributed by atoms with Gasteiger partial charge in [0.1, 0.15) is 5.82 Å². The molecule has 0 saturated carbocycles. The van der Waals surface area contributed by atoms with Crippen LogP contribution in [0.3, 0.4) is 0 Å². The van der Waals surface area contributed by atoms with Crippen LogP contribution in [0.15, 0.2) is 12.1 Å². The first-order valence-electron chi connectivity index (χ1n) is 3.52. The number of hydrogen-bond donors (Lipinski definition) is 0. The molecule has 0 aromatic heterocycles. The van der Waals surface area contributed by atoms with E-state index in [1.54, 1.807) is 0 Å². The first-order valence-corrected chi connectivity index (χ1v) is 3.90. The van der Waals surface area contributed by atoms with Crippen LogP contribution in [0.2, 0.25) is 5.02 Å². The summed E-state index contributed by atoms with van der Waals surface area (Å²) in [6.07, 6.45) is 0.377. The Hall–Kier alpha value is -1.22. The summed E-state index contributed by atoms with van der Waals surface area (Å²) >= 11 is 5.60.